The quantitative estimate of drug-likeness (QED) is 0.666. The van der Waals surface area contributed by atoms with Crippen molar-refractivity contribution in [2.24, 2.45) is 5.92 Å². The van der Waals surface area contributed by atoms with Crippen molar-refractivity contribution < 1.29 is 14.6 Å². The highest BCUT2D eigenvalue weighted by atomic mass is 16.5. The van der Waals surface area contributed by atoms with Crippen LogP contribution in [0.15, 0.2) is 35.9 Å². The molecule has 5 heteroatoms. The van der Waals surface area contributed by atoms with Gasteiger partial charge in [-0.2, -0.15) is 0 Å². The predicted molar refractivity (Wildman–Crippen MR) is 96.3 cm³/mol. The van der Waals surface area contributed by atoms with Crippen LogP contribution in [0.3, 0.4) is 0 Å². The minimum absolute atomic E-state index is 0.133. The lowest BCUT2D eigenvalue weighted by molar-refractivity contribution is -0.144. The molecule has 4 rings (SSSR count). The topological polar surface area (TPSA) is 65.6 Å². The summed E-state index contributed by atoms with van der Waals surface area (Å²) in [5.41, 5.74) is 4.50. The number of β-amino-alcohol motifs (C(OH)–C–C–N with tert-alkyl or cyclic N) is 1. The molecule has 2 aromatic rings. The SMILES string of the molecule is C/C=C1/CN(CCO)[C@@H]2C[C@H]1[C@@H](C(=O)OC)c1c2[nH]c2ccccc12. The number of aromatic amines is 1. The lowest BCUT2D eigenvalue weighted by atomic mass is 9.68. The molecule has 1 fully saturated rings. The molecule has 132 valence electrons. The number of hydrogen-bond donors (Lipinski definition) is 2. The van der Waals surface area contributed by atoms with Crippen molar-refractivity contribution in [1.29, 1.82) is 0 Å². The Kier molecular flexibility index (Phi) is 4.13. The molecule has 2 bridgehead atoms. The highest BCUT2D eigenvalue weighted by molar-refractivity contribution is 5.92. The molecule has 1 saturated heterocycles. The lowest BCUT2D eigenvalue weighted by Crippen LogP contribution is -2.46. The molecule has 1 aliphatic carbocycles. The van der Waals surface area contributed by atoms with Gasteiger partial charge >= 0.3 is 5.97 Å². The largest absolute Gasteiger partial charge is 0.469 e. The molecule has 2 N–H and O–H groups in total. The van der Waals surface area contributed by atoms with Gasteiger partial charge in [0.25, 0.3) is 0 Å². The second-order valence-corrected chi connectivity index (χ2v) is 6.91. The van der Waals surface area contributed by atoms with Gasteiger partial charge in [0.05, 0.1) is 25.7 Å². The number of fused-ring (bicyclic) bond motifs is 6. The van der Waals surface area contributed by atoms with Gasteiger partial charge in [-0.1, -0.05) is 29.8 Å². The second-order valence-electron chi connectivity index (χ2n) is 6.91. The summed E-state index contributed by atoms with van der Waals surface area (Å²) in [6.07, 6.45) is 3.00. The van der Waals surface area contributed by atoms with E-state index in [1.807, 2.05) is 19.1 Å². The standard InChI is InChI=1S/C20H24N2O3/c1-3-12-11-22(8-9-23)16-10-14(12)18(20(24)25-2)17-13-6-4-5-7-15(13)21-19(16)17/h3-7,14,16,18,21,23H,8-11H2,1-2H3/b12-3-/t14-,16-,18-/m1/s1. The molecule has 3 atom stereocenters. The van der Waals surface area contributed by atoms with Crippen LogP contribution >= 0.6 is 0 Å². The van der Waals surface area contributed by atoms with Crippen LogP contribution in [0.1, 0.15) is 36.6 Å². The molecule has 2 aliphatic rings. The van der Waals surface area contributed by atoms with E-state index in [4.69, 9.17) is 4.74 Å². The molecular formula is C20H24N2O3. The van der Waals surface area contributed by atoms with E-state index in [1.165, 1.54) is 12.7 Å². The smallest absolute Gasteiger partial charge is 0.313 e. The number of hydrogen-bond acceptors (Lipinski definition) is 4. The van der Waals surface area contributed by atoms with Crippen LogP contribution in [0.5, 0.6) is 0 Å². The summed E-state index contributed by atoms with van der Waals surface area (Å²) in [4.78, 5) is 18.6. The van der Waals surface area contributed by atoms with Crippen LogP contribution in [0.25, 0.3) is 10.9 Å². The first kappa shape index (κ1) is 16.4. The molecule has 1 aromatic carbocycles. The minimum atomic E-state index is -0.269. The monoisotopic (exact) mass is 340 g/mol. The number of aliphatic hydroxyl groups excluding tert-OH is 1. The number of piperidine rings is 1. The number of aliphatic hydroxyl groups is 1. The van der Waals surface area contributed by atoms with E-state index in [1.54, 1.807) is 0 Å². The first-order valence-electron chi connectivity index (χ1n) is 8.87. The Labute approximate surface area is 147 Å². The fraction of sp³-hybridized carbons (Fsp3) is 0.450. The average Bonchev–Trinajstić information content (AvgIpc) is 3.03. The number of methoxy groups -OCH3 is 1. The van der Waals surface area contributed by atoms with Gasteiger partial charge in [0, 0.05) is 35.6 Å². The van der Waals surface area contributed by atoms with E-state index in [2.05, 4.69) is 28.1 Å². The first-order valence-corrected chi connectivity index (χ1v) is 8.87. The molecule has 0 spiro atoms. The number of likely N-dealkylation sites (tertiary alicyclic amines) is 1. The number of allylic oxidation sites excluding steroid dienone is 1. The van der Waals surface area contributed by atoms with Crippen molar-refractivity contribution in [3.05, 3.63) is 47.2 Å². The van der Waals surface area contributed by atoms with Gasteiger partial charge in [-0.3, -0.25) is 9.69 Å². The molecule has 2 heterocycles. The maximum atomic E-state index is 12.7. The molecule has 0 amide bonds. The van der Waals surface area contributed by atoms with Crippen LogP contribution in [-0.2, 0) is 9.53 Å². The maximum absolute atomic E-state index is 12.7. The molecule has 0 saturated carbocycles. The van der Waals surface area contributed by atoms with Crippen LogP contribution < -0.4 is 0 Å². The van der Waals surface area contributed by atoms with Gasteiger partial charge in [-0.15, -0.1) is 0 Å². The van der Waals surface area contributed by atoms with E-state index in [0.29, 0.717) is 6.54 Å². The summed E-state index contributed by atoms with van der Waals surface area (Å²) in [6.45, 7) is 3.58. The number of carbonyl (C=O) groups excluding carboxylic acids is 1. The number of aromatic nitrogens is 1. The Hall–Kier alpha value is -2.11. The lowest BCUT2D eigenvalue weighted by Gasteiger charge is -2.46. The van der Waals surface area contributed by atoms with Crippen molar-refractivity contribution in [3.8, 4) is 0 Å². The number of H-pyrrole nitrogens is 1. The number of benzene rings is 1. The number of carbonyl (C=O) groups is 1. The van der Waals surface area contributed by atoms with Crippen molar-refractivity contribution in [3.63, 3.8) is 0 Å². The third kappa shape index (κ3) is 2.41. The predicted octanol–water partition coefficient (Wildman–Crippen LogP) is 2.74. The van der Waals surface area contributed by atoms with Gasteiger partial charge in [-0.05, 0) is 25.0 Å². The van der Waals surface area contributed by atoms with Gasteiger partial charge in [0.1, 0.15) is 0 Å². The van der Waals surface area contributed by atoms with E-state index in [-0.39, 0.29) is 30.5 Å². The Morgan fingerprint density at radius 1 is 1.44 bits per heavy atom. The Morgan fingerprint density at radius 2 is 2.24 bits per heavy atom. The molecule has 1 aromatic heterocycles. The van der Waals surface area contributed by atoms with E-state index in [9.17, 15) is 9.90 Å². The number of nitrogens with one attached hydrogen (secondary N) is 1. The summed E-state index contributed by atoms with van der Waals surface area (Å²) in [5, 5.41) is 10.6. The van der Waals surface area contributed by atoms with Crippen LogP contribution in [0.4, 0.5) is 0 Å². The normalized spacial score (nSPS) is 27.5. The van der Waals surface area contributed by atoms with Gasteiger partial charge in [0.2, 0.25) is 0 Å². The van der Waals surface area contributed by atoms with Crippen molar-refractivity contribution in [1.82, 2.24) is 9.88 Å². The summed E-state index contributed by atoms with van der Waals surface area (Å²) >= 11 is 0. The fourth-order valence-electron chi connectivity index (χ4n) is 4.71. The Balaban J connectivity index is 1.95. The third-order valence-electron chi connectivity index (χ3n) is 5.82. The Morgan fingerprint density at radius 3 is 2.96 bits per heavy atom. The molecule has 5 nitrogen and oxygen atoms in total. The number of esters is 1. The number of para-hydroxylation sites is 1. The van der Waals surface area contributed by atoms with E-state index < -0.39 is 0 Å². The zero-order chi connectivity index (χ0) is 17.6. The van der Waals surface area contributed by atoms with Crippen molar-refractivity contribution in [2.75, 3.05) is 26.8 Å². The number of nitrogens with zero attached hydrogens (tertiary/aromatic N) is 1. The maximum Gasteiger partial charge on any atom is 0.313 e. The third-order valence-corrected chi connectivity index (χ3v) is 5.82. The fourth-order valence-corrected chi connectivity index (χ4v) is 4.71. The molecule has 1 aliphatic heterocycles. The second kappa shape index (κ2) is 6.32. The van der Waals surface area contributed by atoms with E-state index in [0.717, 1.165) is 35.1 Å². The van der Waals surface area contributed by atoms with Crippen molar-refractivity contribution >= 4 is 16.9 Å². The summed E-state index contributed by atoms with van der Waals surface area (Å²) in [7, 11) is 1.47. The highest BCUT2D eigenvalue weighted by Gasteiger charge is 2.47. The summed E-state index contributed by atoms with van der Waals surface area (Å²) in [6, 6.07) is 8.35. The minimum Gasteiger partial charge on any atom is -0.469 e. The van der Waals surface area contributed by atoms with E-state index >= 15 is 0 Å². The van der Waals surface area contributed by atoms with Gasteiger partial charge in [-0.25, -0.2) is 0 Å². The molecule has 25 heavy (non-hydrogen) atoms. The highest BCUT2D eigenvalue weighted by Crippen LogP contribution is 2.52. The Bertz CT molecular complexity index is 839. The zero-order valence-corrected chi connectivity index (χ0v) is 14.7. The number of rotatable bonds is 3. The average molecular weight is 340 g/mol. The van der Waals surface area contributed by atoms with Crippen LogP contribution in [0, 0.1) is 5.92 Å². The van der Waals surface area contributed by atoms with Gasteiger partial charge in [0.15, 0.2) is 0 Å². The molecule has 0 unspecified atom stereocenters. The number of ether oxygens (including phenoxy) is 1. The summed E-state index contributed by atoms with van der Waals surface area (Å²) < 4.78 is 5.19. The van der Waals surface area contributed by atoms with Crippen LogP contribution in [-0.4, -0.2) is 47.8 Å². The zero-order valence-electron chi connectivity index (χ0n) is 14.7. The molecular weight excluding hydrogens is 316 g/mol. The summed E-state index contributed by atoms with van der Waals surface area (Å²) in [5.74, 6) is -0.275. The van der Waals surface area contributed by atoms with Crippen LogP contribution in [0.2, 0.25) is 0 Å². The first-order chi connectivity index (χ1) is 12.2. The molecule has 0 radical (unpaired) electrons. The van der Waals surface area contributed by atoms with Crippen molar-refractivity contribution in [2.45, 2.75) is 25.3 Å². The van der Waals surface area contributed by atoms with Gasteiger partial charge < -0.3 is 14.8 Å².